The highest BCUT2D eigenvalue weighted by Crippen LogP contribution is 2.24. The number of hydrogen-bond acceptors (Lipinski definition) is 5. The summed E-state index contributed by atoms with van der Waals surface area (Å²) >= 11 is 0. The van der Waals surface area contributed by atoms with Gasteiger partial charge in [-0.15, -0.1) is 0 Å². The Morgan fingerprint density at radius 1 is 1.07 bits per heavy atom. The van der Waals surface area contributed by atoms with Gasteiger partial charge in [-0.3, -0.25) is 4.79 Å². The van der Waals surface area contributed by atoms with E-state index in [4.69, 9.17) is 0 Å². The number of aromatic nitrogens is 2. The maximum atomic E-state index is 12.5. The summed E-state index contributed by atoms with van der Waals surface area (Å²) < 4.78 is 0. The van der Waals surface area contributed by atoms with E-state index in [-0.39, 0.29) is 11.9 Å². The zero-order chi connectivity index (χ0) is 20.6. The molecule has 1 amide bonds. The molecule has 0 spiro atoms. The van der Waals surface area contributed by atoms with Crippen LogP contribution in [0.3, 0.4) is 0 Å². The van der Waals surface area contributed by atoms with Gasteiger partial charge in [0.1, 0.15) is 0 Å². The van der Waals surface area contributed by atoms with Gasteiger partial charge in [0, 0.05) is 42.9 Å². The minimum absolute atomic E-state index is 0.0804. The van der Waals surface area contributed by atoms with E-state index in [1.54, 1.807) is 12.4 Å². The maximum Gasteiger partial charge on any atom is 0.254 e. The predicted molar refractivity (Wildman–Crippen MR) is 119 cm³/mol. The lowest BCUT2D eigenvalue weighted by Crippen LogP contribution is -2.34. The van der Waals surface area contributed by atoms with E-state index in [1.165, 1.54) is 31.4 Å². The summed E-state index contributed by atoms with van der Waals surface area (Å²) in [4.78, 5) is 23.5. The number of benzene rings is 1. The third kappa shape index (κ3) is 5.68. The zero-order valence-corrected chi connectivity index (χ0v) is 17.9. The molecule has 6 heteroatoms. The van der Waals surface area contributed by atoms with Gasteiger partial charge in [-0.1, -0.05) is 25.7 Å². The Bertz CT molecular complexity index is 793. The molecule has 2 N–H and O–H groups in total. The third-order valence-corrected chi connectivity index (χ3v) is 5.69. The summed E-state index contributed by atoms with van der Waals surface area (Å²) in [5, 5.41) is 6.39. The SMILES string of the molecule is CCN(CC)c1ccc(Nc2ncc(C(=O)NC3CCCCCC3)cn2)c(C)c1. The fraction of sp³-hybridized carbons (Fsp3) is 0.522. The minimum atomic E-state index is -0.0804. The van der Waals surface area contributed by atoms with Gasteiger partial charge < -0.3 is 15.5 Å². The first-order chi connectivity index (χ1) is 14.1. The molecular formula is C23H33N5O. The smallest absolute Gasteiger partial charge is 0.254 e. The number of carbonyl (C=O) groups is 1. The number of aryl methyl sites for hydroxylation is 1. The van der Waals surface area contributed by atoms with E-state index in [2.05, 4.69) is 64.5 Å². The van der Waals surface area contributed by atoms with Crippen molar-refractivity contribution >= 4 is 23.2 Å². The van der Waals surface area contributed by atoms with E-state index in [0.29, 0.717) is 11.5 Å². The van der Waals surface area contributed by atoms with E-state index < -0.39 is 0 Å². The average Bonchev–Trinajstić information content (AvgIpc) is 3.00. The van der Waals surface area contributed by atoms with Gasteiger partial charge in [-0.25, -0.2) is 9.97 Å². The van der Waals surface area contributed by atoms with E-state index in [0.717, 1.165) is 37.2 Å². The highest BCUT2D eigenvalue weighted by molar-refractivity contribution is 5.93. The van der Waals surface area contributed by atoms with Crippen LogP contribution in [0.15, 0.2) is 30.6 Å². The van der Waals surface area contributed by atoms with Crippen molar-refractivity contribution in [1.29, 1.82) is 0 Å². The van der Waals surface area contributed by atoms with Gasteiger partial charge in [-0.2, -0.15) is 0 Å². The standard InChI is InChI=1S/C23H33N5O/c1-4-28(5-2)20-12-13-21(17(3)14-20)27-23-24-15-18(16-25-23)22(29)26-19-10-8-6-7-9-11-19/h12-16,19H,4-11H2,1-3H3,(H,26,29)(H,24,25,27). The number of nitrogens with zero attached hydrogens (tertiary/aromatic N) is 3. The summed E-state index contributed by atoms with van der Waals surface area (Å²) in [6.45, 7) is 8.36. The van der Waals surface area contributed by atoms with Crippen LogP contribution in [0.1, 0.15) is 68.3 Å². The van der Waals surface area contributed by atoms with Crippen molar-refractivity contribution in [1.82, 2.24) is 15.3 Å². The molecule has 3 rings (SSSR count). The zero-order valence-electron chi connectivity index (χ0n) is 17.9. The molecule has 0 radical (unpaired) electrons. The van der Waals surface area contributed by atoms with Gasteiger partial charge in [0.25, 0.3) is 5.91 Å². The molecule has 1 saturated carbocycles. The molecule has 6 nitrogen and oxygen atoms in total. The number of rotatable bonds is 7. The first kappa shape index (κ1) is 21.1. The van der Waals surface area contributed by atoms with Crippen LogP contribution < -0.4 is 15.5 Å². The second-order valence-corrected chi connectivity index (χ2v) is 7.75. The van der Waals surface area contributed by atoms with E-state index in [1.807, 2.05) is 0 Å². The lowest BCUT2D eigenvalue weighted by molar-refractivity contribution is 0.0932. The minimum Gasteiger partial charge on any atom is -0.372 e. The molecule has 1 fully saturated rings. The third-order valence-electron chi connectivity index (χ3n) is 5.69. The van der Waals surface area contributed by atoms with Crippen LogP contribution in [0.2, 0.25) is 0 Å². The number of anilines is 3. The number of hydrogen-bond donors (Lipinski definition) is 2. The lowest BCUT2D eigenvalue weighted by atomic mass is 10.1. The molecule has 0 unspecified atom stereocenters. The van der Waals surface area contributed by atoms with Gasteiger partial charge >= 0.3 is 0 Å². The number of nitrogens with one attached hydrogen (secondary N) is 2. The van der Waals surface area contributed by atoms with E-state index in [9.17, 15) is 4.79 Å². The van der Waals surface area contributed by atoms with Crippen molar-refractivity contribution in [2.75, 3.05) is 23.3 Å². The molecule has 1 aliphatic rings. The molecule has 1 aromatic carbocycles. The average molecular weight is 396 g/mol. The lowest BCUT2D eigenvalue weighted by Gasteiger charge is -2.22. The van der Waals surface area contributed by atoms with Crippen molar-refractivity contribution in [3.63, 3.8) is 0 Å². The molecule has 1 aliphatic carbocycles. The Morgan fingerprint density at radius 2 is 1.72 bits per heavy atom. The molecule has 156 valence electrons. The summed E-state index contributed by atoms with van der Waals surface area (Å²) in [6.07, 6.45) is 10.2. The van der Waals surface area contributed by atoms with Gasteiger partial charge in [0.15, 0.2) is 0 Å². The Balaban J connectivity index is 1.62. The second-order valence-electron chi connectivity index (χ2n) is 7.75. The van der Waals surface area contributed by atoms with Crippen molar-refractivity contribution in [3.05, 3.63) is 41.7 Å². The monoisotopic (exact) mass is 395 g/mol. The van der Waals surface area contributed by atoms with Crippen LogP contribution >= 0.6 is 0 Å². The maximum absolute atomic E-state index is 12.5. The second kappa shape index (κ2) is 10.2. The fourth-order valence-corrected chi connectivity index (χ4v) is 3.90. The Labute approximate surface area is 174 Å². The normalized spacial score (nSPS) is 14.9. The Hall–Kier alpha value is -2.63. The van der Waals surface area contributed by atoms with Crippen molar-refractivity contribution in [3.8, 4) is 0 Å². The Morgan fingerprint density at radius 3 is 2.31 bits per heavy atom. The van der Waals surface area contributed by atoms with Crippen LogP contribution in [0.25, 0.3) is 0 Å². The molecule has 1 heterocycles. The van der Waals surface area contributed by atoms with Crippen molar-refractivity contribution in [2.24, 2.45) is 0 Å². The van der Waals surface area contributed by atoms with Crippen LogP contribution in [-0.4, -0.2) is 35.0 Å². The van der Waals surface area contributed by atoms with Crippen LogP contribution in [0, 0.1) is 6.92 Å². The highest BCUT2D eigenvalue weighted by Gasteiger charge is 2.16. The van der Waals surface area contributed by atoms with Crippen LogP contribution in [0.4, 0.5) is 17.3 Å². The summed E-state index contributed by atoms with van der Waals surface area (Å²) in [5.74, 6) is 0.415. The number of carbonyl (C=O) groups excluding carboxylic acids is 1. The topological polar surface area (TPSA) is 70.2 Å². The van der Waals surface area contributed by atoms with Gasteiger partial charge in [-0.05, 0) is 57.4 Å². The molecular weight excluding hydrogens is 362 g/mol. The molecule has 0 aliphatic heterocycles. The largest absolute Gasteiger partial charge is 0.372 e. The fourth-order valence-electron chi connectivity index (χ4n) is 3.90. The quantitative estimate of drug-likeness (QED) is 0.657. The predicted octanol–water partition coefficient (Wildman–Crippen LogP) is 4.83. The van der Waals surface area contributed by atoms with E-state index >= 15 is 0 Å². The molecule has 0 saturated heterocycles. The summed E-state index contributed by atoms with van der Waals surface area (Å²) in [7, 11) is 0. The molecule has 0 atom stereocenters. The molecule has 29 heavy (non-hydrogen) atoms. The Kier molecular flexibility index (Phi) is 7.44. The molecule has 1 aromatic heterocycles. The van der Waals surface area contributed by atoms with Crippen LogP contribution in [-0.2, 0) is 0 Å². The van der Waals surface area contributed by atoms with Crippen LogP contribution in [0.5, 0.6) is 0 Å². The van der Waals surface area contributed by atoms with Crippen molar-refractivity contribution in [2.45, 2.75) is 65.3 Å². The van der Waals surface area contributed by atoms with Gasteiger partial charge in [0.05, 0.1) is 5.56 Å². The van der Waals surface area contributed by atoms with Gasteiger partial charge in [0.2, 0.25) is 5.95 Å². The summed E-state index contributed by atoms with van der Waals surface area (Å²) in [5.41, 5.74) is 3.82. The molecule has 2 aromatic rings. The van der Waals surface area contributed by atoms with Crippen molar-refractivity contribution < 1.29 is 4.79 Å². The highest BCUT2D eigenvalue weighted by atomic mass is 16.1. The first-order valence-corrected chi connectivity index (χ1v) is 10.9. The number of amides is 1. The first-order valence-electron chi connectivity index (χ1n) is 10.9. The summed E-state index contributed by atoms with van der Waals surface area (Å²) in [6, 6.07) is 6.61. The molecule has 0 bridgehead atoms.